The average molecular weight is 427 g/mol. The van der Waals surface area contributed by atoms with Crippen molar-refractivity contribution in [2.75, 3.05) is 12.9 Å². The Labute approximate surface area is 180 Å². The predicted molar refractivity (Wildman–Crippen MR) is 115 cm³/mol. The van der Waals surface area contributed by atoms with Crippen molar-refractivity contribution in [3.05, 3.63) is 48.2 Å². The van der Waals surface area contributed by atoms with Gasteiger partial charge in [0.1, 0.15) is 5.75 Å². The lowest BCUT2D eigenvalue weighted by Crippen LogP contribution is -2.25. The van der Waals surface area contributed by atoms with Crippen molar-refractivity contribution >= 4 is 17.7 Å². The van der Waals surface area contributed by atoms with Gasteiger partial charge < -0.3 is 14.5 Å². The summed E-state index contributed by atoms with van der Waals surface area (Å²) in [5.41, 5.74) is 0.998. The van der Waals surface area contributed by atoms with Gasteiger partial charge in [0.05, 0.1) is 19.1 Å². The van der Waals surface area contributed by atoms with Crippen LogP contribution < -0.4 is 10.1 Å². The zero-order valence-electron chi connectivity index (χ0n) is 17.0. The van der Waals surface area contributed by atoms with E-state index in [0.29, 0.717) is 18.3 Å². The number of hydrogen-bond donors (Lipinski definition) is 1. The Morgan fingerprint density at radius 3 is 2.87 bits per heavy atom. The van der Waals surface area contributed by atoms with Gasteiger partial charge in [0.25, 0.3) is 0 Å². The molecule has 30 heavy (non-hydrogen) atoms. The van der Waals surface area contributed by atoms with Crippen molar-refractivity contribution in [3.63, 3.8) is 0 Å². The van der Waals surface area contributed by atoms with Crippen LogP contribution >= 0.6 is 11.8 Å². The molecule has 0 atom stereocenters. The van der Waals surface area contributed by atoms with Crippen LogP contribution in [0, 0.1) is 0 Å². The third-order valence-electron chi connectivity index (χ3n) is 5.30. The fraction of sp³-hybridized carbons (Fsp3) is 0.409. The van der Waals surface area contributed by atoms with E-state index in [1.807, 2.05) is 36.4 Å². The molecule has 4 rings (SSSR count). The van der Waals surface area contributed by atoms with E-state index in [9.17, 15) is 4.79 Å². The molecule has 158 valence electrons. The summed E-state index contributed by atoms with van der Waals surface area (Å²) in [4.78, 5) is 12.4. The zero-order chi connectivity index (χ0) is 20.8. The highest BCUT2D eigenvalue weighted by atomic mass is 32.2. The molecule has 2 aromatic heterocycles. The maximum atomic E-state index is 12.4. The topological polar surface area (TPSA) is 82.2 Å². The van der Waals surface area contributed by atoms with E-state index in [1.165, 1.54) is 31.0 Å². The van der Waals surface area contributed by atoms with Crippen molar-refractivity contribution in [2.45, 2.75) is 49.8 Å². The number of thioether (sulfide) groups is 1. The Morgan fingerprint density at radius 1 is 1.23 bits per heavy atom. The second-order valence-electron chi connectivity index (χ2n) is 7.36. The third kappa shape index (κ3) is 4.87. The second-order valence-corrected chi connectivity index (χ2v) is 8.30. The summed E-state index contributed by atoms with van der Waals surface area (Å²) in [6, 6.07) is 11.8. The molecular formula is C22H26N4O3S. The molecular weight excluding hydrogens is 400 g/mol. The fourth-order valence-corrected chi connectivity index (χ4v) is 4.62. The molecule has 0 bridgehead atoms. The Bertz CT molecular complexity index is 965. The van der Waals surface area contributed by atoms with Crippen LogP contribution in [-0.2, 0) is 11.3 Å². The summed E-state index contributed by atoms with van der Waals surface area (Å²) < 4.78 is 13.0. The van der Waals surface area contributed by atoms with Gasteiger partial charge in [0.2, 0.25) is 11.7 Å². The standard InChI is InChI=1S/C22H26N4O3S/c1-28-18-10-5-7-16(13-18)14-23-20(27)15-30-22-25-24-21(19-11-6-12-29-19)26(22)17-8-3-2-4-9-17/h5-7,10-13,17H,2-4,8-9,14-15H2,1H3,(H,23,27). The van der Waals surface area contributed by atoms with Gasteiger partial charge in [-0.2, -0.15) is 0 Å². The number of nitrogens with zero attached hydrogens (tertiary/aromatic N) is 3. The average Bonchev–Trinajstić information content (AvgIpc) is 3.46. The summed E-state index contributed by atoms with van der Waals surface area (Å²) in [5.74, 6) is 2.48. The zero-order valence-corrected chi connectivity index (χ0v) is 17.9. The van der Waals surface area contributed by atoms with Crippen molar-refractivity contribution in [1.29, 1.82) is 0 Å². The number of carbonyl (C=O) groups excluding carboxylic acids is 1. The molecule has 7 nitrogen and oxygen atoms in total. The van der Waals surface area contributed by atoms with Gasteiger partial charge in [0, 0.05) is 12.6 Å². The molecule has 1 aromatic carbocycles. The first-order valence-corrected chi connectivity index (χ1v) is 11.2. The van der Waals surface area contributed by atoms with Gasteiger partial charge in [-0.15, -0.1) is 10.2 Å². The molecule has 1 amide bonds. The fourth-order valence-electron chi connectivity index (χ4n) is 3.78. The van der Waals surface area contributed by atoms with Crippen LogP contribution in [0.1, 0.15) is 43.7 Å². The van der Waals surface area contributed by atoms with Crippen LogP contribution in [0.3, 0.4) is 0 Å². The lowest BCUT2D eigenvalue weighted by atomic mass is 9.95. The first kappa shape index (κ1) is 20.5. The lowest BCUT2D eigenvalue weighted by molar-refractivity contribution is -0.118. The van der Waals surface area contributed by atoms with Gasteiger partial charge in [-0.1, -0.05) is 43.2 Å². The van der Waals surface area contributed by atoms with Crippen molar-refractivity contribution in [3.8, 4) is 17.3 Å². The first-order valence-electron chi connectivity index (χ1n) is 10.3. The molecule has 0 spiro atoms. The third-order valence-corrected chi connectivity index (χ3v) is 6.25. The van der Waals surface area contributed by atoms with Crippen molar-refractivity contribution < 1.29 is 13.9 Å². The number of amides is 1. The van der Waals surface area contributed by atoms with E-state index in [2.05, 4.69) is 20.1 Å². The number of rotatable bonds is 8. The number of ether oxygens (including phenoxy) is 1. The molecule has 8 heteroatoms. The van der Waals surface area contributed by atoms with Crippen LogP contribution in [0.15, 0.2) is 52.2 Å². The van der Waals surface area contributed by atoms with Gasteiger partial charge >= 0.3 is 0 Å². The van der Waals surface area contributed by atoms with E-state index in [4.69, 9.17) is 9.15 Å². The number of methoxy groups -OCH3 is 1. The predicted octanol–water partition coefficient (Wildman–Crippen LogP) is 4.46. The first-order chi connectivity index (χ1) is 14.7. The molecule has 2 heterocycles. The summed E-state index contributed by atoms with van der Waals surface area (Å²) in [6.45, 7) is 0.462. The summed E-state index contributed by atoms with van der Waals surface area (Å²) in [5, 5.41) is 12.5. The maximum Gasteiger partial charge on any atom is 0.230 e. The van der Waals surface area contributed by atoms with Gasteiger partial charge in [0.15, 0.2) is 10.9 Å². The normalized spacial score (nSPS) is 14.6. The van der Waals surface area contributed by atoms with E-state index in [1.54, 1.807) is 13.4 Å². The van der Waals surface area contributed by atoms with Crippen LogP contribution in [0.4, 0.5) is 0 Å². The van der Waals surface area contributed by atoms with Gasteiger partial charge in [-0.3, -0.25) is 9.36 Å². The Balaban J connectivity index is 1.41. The second kappa shape index (κ2) is 9.84. The number of aromatic nitrogens is 3. The molecule has 1 fully saturated rings. The van der Waals surface area contributed by atoms with Crippen LogP contribution in [0.2, 0.25) is 0 Å². The van der Waals surface area contributed by atoms with Crippen LogP contribution in [0.25, 0.3) is 11.6 Å². The summed E-state index contributed by atoms with van der Waals surface area (Å²) in [6.07, 6.45) is 7.51. The minimum atomic E-state index is -0.0411. The number of hydrogen-bond acceptors (Lipinski definition) is 6. The minimum absolute atomic E-state index is 0.0411. The molecule has 3 aromatic rings. The molecule has 1 N–H and O–H groups in total. The lowest BCUT2D eigenvalue weighted by Gasteiger charge is -2.25. The maximum absolute atomic E-state index is 12.4. The van der Waals surface area contributed by atoms with Crippen molar-refractivity contribution in [1.82, 2.24) is 20.1 Å². The van der Waals surface area contributed by atoms with Crippen LogP contribution in [0.5, 0.6) is 5.75 Å². The van der Waals surface area contributed by atoms with E-state index in [-0.39, 0.29) is 11.7 Å². The number of benzene rings is 1. The number of furan rings is 1. The van der Waals surface area contributed by atoms with Crippen LogP contribution in [-0.4, -0.2) is 33.5 Å². The largest absolute Gasteiger partial charge is 0.497 e. The SMILES string of the molecule is COc1cccc(CNC(=O)CSc2nnc(-c3ccco3)n2C2CCCCC2)c1. The number of carbonyl (C=O) groups is 1. The van der Waals surface area contributed by atoms with E-state index >= 15 is 0 Å². The van der Waals surface area contributed by atoms with Gasteiger partial charge in [-0.25, -0.2) is 0 Å². The highest BCUT2D eigenvalue weighted by Crippen LogP contribution is 2.35. The molecule has 0 radical (unpaired) electrons. The monoisotopic (exact) mass is 426 g/mol. The molecule has 0 saturated heterocycles. The quantitative estimate of drug-likeness (QED) is 0.536. The number of nitrogens with one attached hydrogen (secondary N) is 1. The molecule has 1 aliphatic carbocycles. The van der Waals surface area contributed by atoms with Gasteiger partial charge in [-0.05, 0) is 42.7 Å². The van der Waals surface area contributed by atoms with Crippen molar-refractivity contribution in [2.24, 2.45) is 0 Å². The van der Waals surface area contributed by atoms with E-state index in [0.717, 1.165) is 35.1 Å². The Morgan fingerprint density at radius 2 is 2.10 bits per heavy atom. The molecule has 0 unspecified atom stereocenters. The highest BCUT2D eigenvalue weighted by molar-refractivity contribution is 7.99. The Kier molecular flexibility index (Phi) is 6.74. The molecule has 1 saturated carbocycles. The Hall–Kier alpha value is -2.74. The van der Waals surface area contributed by atoms with E-state index < -0.39 is 0 Å². The smallest absolute Gasteiger partial charge is 0.230 e. The molecule has 0 aliphatic heterocycles. The summed E-state index contributed by atoms with van der Waals surface area (Å²) >= 11 is 1.42. The summed E-state index contributed by atoms with van der Waals surface area (Å²) in [7, 11) is 1.63. The minimum Gasteiger partial charge on any atom is -0.497 e. The molecule has 1 aliphatic rings. The highest BCUT2D eigenvalue weighted by Gasteiger charge is 2.25.